The van der Waals surface area contributed by atoms with Gasteiger partial charge in [0.2, 0.25) is 15.9 Å². The third-order valence-electron chi connectivity index (χ3n) is 4.30. The molecule has 0 saturated carbocycles. The van der Waals surface area contributed by atoms with Crippen LogP contribution in [-0.4, -0.2) is 55.5 Å². The van der Waals surface area contributed by atoms with Crippen molar-refractivity contribution >= 4 is 39.3 Å². The largest absolute Gasteiger partial charge is 0.339 e. The second kappa shape index (κ2) is 8.77. The molecule has 2 aromatic rings. The third-order valence-corrected chi connectivity index (χ3v) is 7.75. The van der Waals surface area contributed by atoms with Gasteiger partial charge in [-0.3, -0.25) is 4.79 Å². The molecule has 1 saturated heterocycles. The Morgan fingerprint density at radius 1 is 1.00 bits per heavy atom. The minimum atomic E-state index is -4.31. The van der Waals surface area contributed by atoms with Crippen molar-refractivity contribution in [2.45, 2.75) is 9.79 Å². The first-order valence-electron chi connectivity index (χ1n) is 8.40. The van der Waals surface area contributed by atoms with Crippen molar-refractivity contribution in [2.24, 2.45) is 0 Å². The van der Waals surface area contributed by atoms with E-state index in [2.05, 4.69) is 0 Å². The maximum Gasteiger partial charge on any atom is 0.249 e. The molecule has 28 heavy (non-hydrogen) atoms. The number of sulfonamides is 1. The van der Waals surface area contributed by atoms with Crippen molar-refractivity contribution in [1.82, 2.24) is 9.21 Å². The molecule has 1 amide bonds. The molecule has 10 heteroatoms. The fourth-order valence-corrected chi connectivity index (χ4v) is 5.50. The minimum absolute atomic E-state index is 0.0292. The molecule has 1 aliphatic rings. The number of amides is 1. The van der Waals surface area contributed by atoms with Crippen LogP contribution in [0.5, 0.6) is 0 Å². The average Bonchev–Trinajstić information content (AvgIpc) is 2.67. The van der Waals surface area contributed by atoms with E-state index < -0.39 is 26.6 Å². The van der Waals surface area contributed by atoms with Crippen molar-refractivity contribution in [1.29, 1.82) is 0 Å². The molecule has 0 aromatic heterocycles. The number of piperazine rings is 1. The highest BCUT2D eigenvalue weighted by atomic mass is 35.5. The van der Waals surface area contributed by atoms with Gasteiger partial charge in [0.25, 0.3) is 0 Å². The first kappa shape index (κ1) is 21.0. The van der Waals surface area contributed by atoms with E-state index in [1.54, 1.807) is 12.1 Å². The van der Waals surface area contributed by atoms with Gasteiger partial charge < -0.3 is 4.90 Å². The molecule has 2 aromatic carbocycles. The lowest BCUT2D eigenvalue weighted by Gasteiger charge is -2.34. The number of hydrogen-bond acceptors (Lipinski definition) is 4. The molecule has 1 fully saturated rings. The average molecular weight is 447 g/mol. The lowest BCUT2D eigenvalue weighted by Crippen LogP contribution is -2.51. The summed E-state index contributed by atoms with van der Waals surface area (Å²) < 4.78 is 53.9. The molecule has 0 N–H and O–H groups in total. The van der Waals surface area contributed by atoms with Gasteiger partial charge in [-0.05, 0) is 24.3 Å². The molecule has 0 spiro atoms. The summed E-state index contributed by atoms with van der Waals surface area (Å²) in [5.74, 6) is -2.25. The van der Waals surface area contributed by atoms with Crippen molar-refractivity contribution in [3.63, 3.8) is 0 Å². The van der Waals surface area contributed by atoms with E-state index in [0.717, 1.165) is 27.4 Å². The van der Waals surface area contributed by atoms with Crippen LogP contribution in [0.25, 0.3) is 0 Å². The van der Waals surface area contributed by atoms with Crippen LogP contribution in [-0.2, 0) is 14.8 Å². The van der Waals surface area contributed by atoms with E-state index >= 15 is 0 Å². The standard InChI is InChI=1S/C18H17ClF2N2O3S2/c19-13-4-1-2-7-16(13)27-12-17(24)22-8-10-23(11-9-22)28(25,26)18-14(20)5-3-6-15(18)21/h1-7H,8-12H2. The summed E-state index contributed by atoms with van der Waals surface area (Å²) in [6, 6.07) is 10.1. The van der Waals surface area contributed by atoms with Crippen LogP contribution in [0.15, 0.2) is 52.3 Å². The van der Waals surface area contributed by atoms with Gasteiger partial charge in [0.1, 0.15) is 11.6 Å². The molecule has 3 rings (SSSR count). The van der Waals surface area contributed by atoms with Gasteiger partial charge >= 0.3 is 0 Å². The number of hydrogen-bond donors (Lipinski definition) is 0. The summed E-state index contributed by atoms with van der Waals surface area (Å²) in [6.45, 7) is 0.242. The summed E-state index contributed by atoms with van der Waals surface area (Å²) in [7, 11) is -4.31. The number of benzene rings is 2. The molecule has 1 heterocycles. The topological polar surface area (TPSA) is 57.7 Å². The highest BCUT2D eigenvalue weighted by Gasteiger charge is 2.34. The monoisotopic (exact) mass is 446 g/mol. The Bertz CT molecular complexity index is 960. The highest BCUT2D eigenvalue weighted by molar-refractivity contribution is 8.00. The van der Waals surface area contributed by atoms with Crippen molar-refractivity contribution < 1.29 is 22.0 Å². The van der Waals surface area contributed by atoms with E-state index in [-0.39, 0.29) is 37.8 Å². The SMILES string of the molecule is O=C(CSc1ccccc1Cl)N1CCN(S(=O)(=O)c2c(F)cccc2F)CC1. The van der Waals surface area contributed by atoms with E-state index in [4.69, 9.17) is 11.6 Å². The van der Waals surface area contributed by atoms with Crippen LogP contribution in [0.2, 0.25) is 5.02 Å². The Hall–Kier alpha value is -1.68. The fraction of sp³-hybridized carbons (Fsp3) is 0.278. The van der Waals surface area contributed by atoms with E-state index in [1.165, 1.54) is 16.7 Å². The Kier molecular flexibility index (Phi) is 6.59. The van der Waals surface area contributed by atoms with Gasteiger partial charge in [-0.2, -0.15) is 4.31 Å². The quantitative estimate of drug-likeness (QED) is 0.661. The predicted octanol–water partition coefficient (Wildman–Crippen LogP) is 3.24. The molecule has 1 aliphatic heterocycles. The van der Waals surface area contributed by atoms with Gasteiger partial charge in [0.15, 0.2) is 4.90 Å². The van der Waals surface area contributed by atoms with Gasteiger partial charge in [-0.1, -0.05) is 29.8 Å². The van der Waals surface area contributed by atoms with Crippen LogP contribution in [0.4, 0.5) is 8.78 Å². The zero-order valence-corrected chi connectivity index (χ0v) is 17.0. The van der Waals surface area contributed by atoms with Crippen LogP contribution < -0.4 is 0 Å². The normalized spacial score (nSPS) is 15.6. The Labute approximate surface area is 171 Å². The lowest BCUT2D eigenvalue weighted by atomic mass is 10.3. The molecule has 0 bridgehead atoms. The molecule has 0 radical (unpaired) electrons. The molecule has 0 aliphatic carbocycles. The number of nitrogens with zero attached hydrogens (tertiary/aromatic N) is 2. The highest BCUT2D eigenvalue weighted by Crippen LogP contribution is 2.27. The second-order valence-electron chi connectivity index (χ2n) is 6.05. The van der Waals surface area contributed by atoms with Gasteiger partial charge in [-0.15, -0.1) is 11.8 Å². The summed E-state index contributed by atoms with van der Waals surface area (Å²) >= 11 is 7.37. The molecule has 5 nitrogen and oxygen atoms in total. The first-order chi connectivity index (χ1) is 13.3. The van der Waals surface area contributed by atoms with Gasteiger partial charge in [0.05, 0.1) is 10.8 Å². The first-order valence-corrected chi connectivity index (χ1v) is 11.2. The van der Waals surface area contributed by atoms with Crippen molar-refractivity contribution in [3.8, 4) is 0 Å². The summed E-state index contributed by atoms with van der Waals surface area (Å²) in [5, 5.41) is 0.558. The van der Waals surface area contributed by atoms with Crippen LogP contribution >= 0.6 is 23.4 Å². The van der Waals surface area contributed by atoms with Gasteiger partial charge in [-0.25, -0.2) is 17.2 Å². The molecule has 0 unspecified atom stereocenters. The number of thioether (sulfide) groups is 1. The summed E-state index contributed by atoms with van der Waals surface area (Å²) in [6.07, 6.45) is 0. The summed E-state index contributed by atoms with van der Waals surface area (Å²) in [4.78, 5) is 13.8. The zero-order valence-electron chi connectivity index (χ0n) is 14.6. The number of halogens is 3. The Morgan fingerprint density at radius 3 is 2.21 bits per heavy atom. The smallest absolute Gasteiger partial charge is 0.249 e. The van der Waals surface area contributed by atoms with Crippen LogP contribution in [0.1, 0.15) is 0 Å². The number of carbonyl (C=O) groups is 1. The number of carbonyl (C=O) groups excluding carboxylic acids is 1. The maximum absolute atomic E-state index is 13.9. The van der Waals surface area contributed by atoms with Crippen molar-refractivity contribution in [2.75, 3.05) is 31.9 Å². The Morgan fingerprint density at radius 2 is 1.61 bits per heavy atom. The predicted molar refractivity (Wildman–Crippen MR) is 104 cm³/mol. The second-order valence-corrected chi connectivity index (χ2v) is 9.35. The lowest BCUT2D eigenvalue weighted by molar-refractivity contribution is -0.129. The van der Waals surface area contributed by atoms with E-state index in [1.807, 2.05) is 12.1 Å². The molecule has 0 atom stereocenters. The van der Waals surface area contributed by atoms with Gasteiger partial charge in [0, 0.05) is 31.1 Å². The maximum atomic E-state index is 13.9. The Balaban J connectivity index is 1.61. The molecular formula is C18H17ClF2N2O3S2. The molecular weight excluding hydrogens is 430 g/mol. The summed E-state index contributed by atoms with van der Waals surface area (Å²) in [5.41, 5.74) is 0. The van der Waals surface area contributed by atoms with Crippen LogP contribution in [0, 0.1) is 11.6 Å². The minimum Gasteiger partial charge on any atom is -0.339 e. The zero-order chi connectivity index (χ0) is 20.3. The molecule has 150 valence electrons. The number of rotatable bonds is 5. The van der Waals surface area contributed by atoms with E-state index in [9.17, 15) is 22.0 Å². The third kappa shape index (κ3) is 4.48. The fourth-order valence-electron chi connectivity index (χ4n) is 2.83. The van der Waals surface area contributed by atoms with E-state index in [0.29, 0.717) is 5.02 Å². The van der Waals surface area contributed by atoms with Crippen molar-refractivity contribution in [3.05, 3.63) is 59.1 Å². The van der Waals surface area contributed by atoms with Crippen LogP contribution in [0.3, 0.4) is 0 Å².